The van der Waals surface area contributed by atoms with Crippen LogP contribution in [0.5, 0.6) is 0 Å². The number of amides is 2. The van der Waals surface area contributed by atoms with Gasteiger partial charge in [0, 0.05) is 11.6 Å². The number of benzene rings is 1. The number of carbonyl (C=O) groups is 2. The van der Waals surface area contributed by atoms with Gasteiger partial charge >= 0.3 is 12.0 Å². The molecular formula is C12H15ClN2O3. The lowest BCUT2D eigenvalue weighted by atomic mass is 10.1. The summed E-state index contributed by atoms with van der Waals surface area (Å²) in [4.78, 5) is 21.8. The summed E-state index contributed by atoms with van der Waals surface area (Å²) in [5.41, 5.74) is 0.936. The summed E-state index contributed by atoms with van der Waals surface area (Å²) in [6.07, 6.45) is 0.592. The number of carbonyl (C=O) groups excluding carboxylic acids is 1. The average Bonchev–Trinajstić information content (AvgIpc) is 2.31. The largest absolute Gasteiger partial charge is 0.480 e. The van der Waals surface area contributed by atoms with Crippen molar-refractivity contribution in [2.24, 2.45) is 0 Å². The van der Waals surface area contributed by atoms with Gasteiger partial charge in [-0.2, -0.15) is 0 Å². The van der Waals surface area contributed by atoms with Gasteiger partial charge in [-0.25, -0.2) is 4.79 Å². The Hall–Kier alpha value is -1.75. The number of carboxylic acid groups (broad SMARTS) is 1. The van der Waals surface area contributed by atoms with Gasteiger partial charge in [-0.15, -0.1) is 0 Å². The molecule has 0 heterocycles. The number of aliphatic carboxylic acids is 1. The average molecular weight is 271 g/mol. The molecule has 18 heavy (non-hydrogen) atoms. The normalized spacial score (nSPS) is 11.7. The second-order valence-corrected chi connectivity index (χ2v) is 4.21. The zero-order chi connectivity index (χ0) is 13.5. The lowest BCUT2D eigenvalue weighted by Crippen LogP contribution is -2.44. The van der Waals surface area contributed by atoms with Crippen LogP contribution in [0, 0.1) is 0 Å². The SMILES string of the molecule is CC(NC(=O)NCCc1ccccc1Cl)C(=O)O. The van der Waals surface area contributed by atoms with Crippen molar-refractivity contribution in [3.05, 3.63) is 34.9 Å². The van der Waals surface area contributed by atoms with Crippen LogP contribution in [0.4, 0.5) is 4.79 Å². The minimum atomic E-state index is -1.07. The Labute approximate surface area is 110 Å². The van der Waals surface area contributed by atoms with Crippen molar-refractivity contribution < 1.29 is 14.7 Å². The van der Waals surface area contributed by atoms with Crippen molar-refractivity contribution in [1.29, 1.82) is 0 Å². The Morgan fingerprint density at radius 1 is 1.39 bits per heavy atom. The number of hydrogen-bond donors (Lipinski definition) is 3. The first-order valence-corrected chi connectivity index (χ1v) is 5.89. The minimum Gasteiger partial charge on any atom is -0.480 e. The molecule has 0 radical (unpaired) electrons. The van der Waals surface area contributed by atoms with Crippen molar-refractivity contribution in [3.8, 4) is 0 Å². The molecule has 6 heteroatoms. The predicted molar refractivity (Wildman–Crippen MR) is 68.8 cm³/mol. The van der Waals surface area contributed by atoms with Crippen LogP contribution in [0.1, 0.15) is 12.5 Å². The van der Waals surface area contributed by atoms with E-state index in [1.165, 1.54) is 6.92 Å². The highest BCUT2D eigenvalue weighted by atomic mass is 35.5. The molecule has 0 spiro atoms. The quantitative estimate of drug-likeness (QED) is 0.761. The smallest absolute Gasteiger partial charge is 0.325 e. The molecule has 1 unspecified atom stereocenters. The molecule has 0 aromatic heterocycles. The molecule has 98 valence electrons. The van der Waals surface area contributed by atoms with Crippen molar-refractivity contribution in [2.45, 2.75) is 19.4 Å². The summed E-state index contributed by atoms with van der Waals surface area (Å²) >= 11 is 5.96. The number of rotatable bonds is 5. The topological polar surface area (TPSA) is 78.4 Å². The fourth-order valence-electron chi connectivity index (χ4n) is 1.32. The van der Waals surface area contributed by atoms with E-state index >= 15 is 0 Å². The molecule has 5 nitrogen and oxygen atoms in total. The zero-order valence-electron chi connectivity index (χ0n) is 9.94. The summed E-state index contributed by atoms with van der Waals surface area (Å²) in [5.74, 6) is -1.07. The van der Waals surface area contributed by atoms with Crippen LogP contribution in [0.15, 0.2) is 24.3 Å². The lowest BCUT2D eigenvalue weighted by molar-refractivity contribution is -0.138. The molecule has 3 N–H and O–H groups in total. The third-order valence-corrected chi connectivity index (χ3v) is 2.72. The molecule has 0 fully saturated rings. The van der Waals surface area contributed by atoms with Crippen LogP contribution in [-0.2, 0) is 11.2 Å². The number of halogens is 1. The summed E-state index contributed by atoms with van der Waals surface area (Å²) in [5, 5.41) is 14.1. The molecule has 1 rings (SSSR count). The van der Waals surface area contributed by atoms with Gasteiger partial charge in [0.15, 0.2) is 0 Å². The van der Waals surface area contributed by atoms with Gasteiger partial charge in [0.2, 0.25) is 0 Å². The van der Waals surface area contributed by atoms with Gasteiger partial charge in [-0.1, -0.05) is 29.8 Å². The van der Waals surface area contributed by atoms with Crippen molar-refractivity contribution in [3.63, 3.8) is 0 Å². The molecule has 0 aliphatic rings. The summed E-state index contributed by atoms with van der Waals surface area (Å²) in [6, 6.07) is 5.95. The van der Waals surface area contributed by atoms with Crippen molar-refractivity contribution >= 4 is 23.6 Å². The molecular weight excluding hydrogens is 256 g/mol. The van der Waals surface area contributed by atoms with E-state index in [0.717, 1.165) is 5.56 Å². The summed E-state index contributed by atoms with van der Waals surface area (Å²) in [7, 11) is 0. The standard InChI is InChI=1S/C12H15ClN2O3/c1-8(11(16)17)15-12(18)14-7-6-9-4-2-3-5-10(9)13/h2-5,8H,6-7H2,1H3,(H,16,17)(H2,14,15,18). The third-order valence-electron chi connectivity index (χ3n) is 2.36. The fraction of sp³-hybridized carbons (Fsp3) is 0.333. The Kier molecular flexibility index (Phi) is 5.45. The van der Waals surface area contributed by atoms with Crippen LogP contribution in [0.25, 0.3) is 0 Å². The number of nitrogens with one attached hydrogen (secondary N) is 2. The van der Waals surface area contributed by atoms with E-state index in [1.54, 1.807) is 6.07 Å². The molecule has 1 atom stereocenters. The van der Waals surface area contributed by atoms with E-state index < -0.39 is 18.0 Å². The molecule has 2 amide bonds. The molecule has 1 aromatic rings. The van der Waals surface area contributed by atoms with E-state index in [0.29, 0.717) is 18.0 Å². The fourth-order valence-corrected chi connectivity index (χ4v) is 1.55. The Morgan fingerprint density at radius 2 is 2.06 bits per heavy atom. The number of hydrogen-bond acceptors (Lipinski definition) is 2. The minimum absolute atomic E-state index is 0.391. The molecule has 0 aliphatic heterocycles. The van der Waals surface area contributed by atoms with Crippen LogP contribution >= 0.6 is 11.6 Å². The maximum atomic E-state index is 11.3. The molecule has 0 saturated heterocycles. The number of urea groups is 1. The van der Waals surface area contributed by atoms with Gasteiger partial charge in [0.05, 0.1) is 0 Å². The van der Waals surface area contributed by atoms with Gasteiger partial charge in [0.1, 0.15) is 6.04 Å². The highest BCUT2D eigenvalue weighted by molar-refractivity contribution is 6.31. The number of carboxylic acids is 1. The Bertz CT molecular complexity index is 437. The van der Waals surface area contributed by atoms with Crippen molar-refractivity contribution in [1.82, 2.24) is 10.6 Å². The van der Waals surface area contributed by atoms with Gasteiger partial charge in [0.25, 0.3) is 0 Å². The molecule has 0 aliphatic carbocycles. The first-order chi connectivity index (χ1) is 8.50. The zero-order valence-corrected chi connectivity index (χ0v) is 10.7. The first-order valence-electron chi connectivity index (χ1n) is 5.51. The van der Waals surface area contributed by atoms with Gasteiger partial charge in [-0.05, 0) is 25.0 Å². The van der Waals surface area contributed by atoms with Gasteiger partial charge in [-0.3, -0.25) is 4.79 Å². The maximum Gasteiger partial charge on any atom is 0.325 e. The van der Waals surface area contributed by atoms with E-state index in [-0.39, 0.29) is 0 Å². The monoisotopic (exact) mass is 270 g/mol. The molecule has 0 saturated carbocycles. The summed E-state index contributed by atoms with van der Waals surface area (Å²) < 4.78 is 0. The van der Waals surface area contributed by atoms with Crippen LogP contribution < -0.4 is 10.6 Å². The van der Waals surface area contributed by atoms with E-state index in [2.05, 4.69) is 10.6 Å². The summed E-state index contributed by atoms with van der Waals surface area (Å²) in [6.45, 7) is 1.79. The highest BCUT2D eigenvalue weighted by Gasteiger charge is 2.13. The van der Waals surface area contributed by atoms with E-state index in [1.807, 2.05) is 18.2 Å². The Morgan fingerprint density at radius 3 is 2.67 bits per heavy atom. The Balaban J connectivity index is 2.32. The van der Waals surface area contributed by atoms with Crippen LogP contribution in [0.2, 0.25) is 5.02 Å². The highest BCUT2D eigenvalue weighted by Crippen LogP contribution is 2.14. The van der Waals surface area contributed by atoms with E-state index in [9.17, 15) is 9.59 Å². The van der Waals surface area contributed by atoms with Crippen molar-refractivity contribution in [2.75, 3.05) is 6.54 Å². The third kappa shape index (κ3) is 4.63. The second kappa shape index (κ2) is 6.86. The van der Waals surface area contributed by atoms with E-state index in [4.69, 9.17) is 16.7 Å². The van der Waals surface area contributed by atoms with Crippen LogP contribution in [-0.4, -0.2) is 29.7 Å². The maximum absolute atomic E-state index is 11.3. The predicted octanol–water partition coefficient (Wildman–Crippen LogP) is 1.65. The van der Waals surface area contributed by atoms with Crippen LogP contribution in [0.3, 0.4) is 0 Å². The second-order valence-electron chi connectivity index (χ2n) is 3.80. The molecule has 0 bridgehead atoms. The van der Waals surface area contributed by atoms with Gasteiger partial charge < -0.3 is 15.7 Å². The first kappa shape index (κ1) is 14.3. The molecule has 1 aromatic carbocycles. The lowest BCUT2D eigenvalue weighted by Gasteiger charge is -2.11.